The number of aromatic nitrogens is 3. The molecule has 0 N–H and O–H groups in total. The lowest BCUT2D eigenvalue weighted by Gasteiger charge is -2.31. The zero-order chi connectivity index (χ0) is 18.8. The van der Waals surface area contributed by atoms with Crippen molar-refractivity contribution in [3.05, 3.63) is 29.8 Å². The smallest absolute Gasteiger partial charge is 0.258 e. The van der Waals surface area contributed by atoms with Crippen LogP contribution in [0.3, 0.4) is 0 Å². The number of hydrogen-bond donors (Lipinski definition) is 0. The van der Waals surface area contributed by atoms with E-state index in [0.29, 0.717) is 11.8 Å². The van der Waals surface area contributed by atoms with Crippen molar-refractivity contribution in [3.8, 4) is 11.5 Å². The molecule has 2 saturated heterocycles. The molecular weight excluding hydrogens is 344 g/mol. The molecule has 0 spiro atoms. The maximum absolute atomic E-state index is 12.1. The van der Waals surface area contributed by atoms with E-state index in [4.69, 9.17) is 9.26 Å². The Morgan fingerprint density at radius 3 is 2.74 bits per heavy atom. The van der Waals surface area contributed by atoms with E-state index < -0.39 is 0 Å². The van der Waals surface area contributed by atoms with Crippen molar-refractivity contribution in [1.29, 1.82) is 0 Å². The minimum absolute atomic E-state index is 0.0458. The van der Waals surface area contributed by atoms with Gasteiger partial charge in [0.2, 0.25) is 5.91 Å². The molecule has 4 rings (SSSR count). The summed E-state index contributed by atoms with van der Waals surface area (Å²) in [5.41, 5.74) is 1.92. The van der Waals surface area contributed by atoms with Crippen LogP contribution in [0.25, 0.3) is 11.5 Å². The van der Waals surface area contributed by atoms with Crippen molar-refractivity contribution in [2.75, 3.05) is 26.3 Å². The molecule has 2 aromatic heterocycles. The second-order valence-corrected chi connectivity index (χ2v) is 7.74. The Hall–Kier alpha value is -2.28. The van der Waals surface area contributed by atoms with E-state index in [-0.39, 0.29) is 17.7 Å². The zero-order valence-corrected chi connectivity index (χ0v) is 15.9. The number of likely N-dealkylation sites (tertiary alicyclic amines) is 1. The van der Waals surface area contributed by atoms with Crippen molar-refractivity contribution in [1.82, 2.24) is 20.0 Å². The van der Waals surface area contributed by atoms with Crippen LogP contribution in [0.2, 0.25) is 0 Å². The first kappa shape index (κ1) is 18.1. The number of carbonyl (C=O) groups is 1. The lowest BCUT2D eigenvalue weighted by molar-refractivity contribution is -0.135. The lowest BCUT2D eigenvalue weighted by Crippen LogP contribution is -2.40. The van der Waals surface area contributed by atoms with Crippen molar-refractivity contribution in [2.24, 2.45) is 5.92 Å². The SMILES string of the molecule is CC(C)C(=O)N1CCC(c2noc(-c3ccnc(C4CCOC4)c3)n2)CC1. The summed E-state index contributed by atoms with van der Waals surface area (Å²) in [6.45, 7) is 6.92. The van der Waals surface area contributed by atoms with E-state index in [9.17, 15) is 4.79 Å². The van der Waals surface area contributed by atoms with Crippen LogP contribution < -0.4 is 0 Å². The van der Waals surface area contributed by atoms with Gasteiger partial charge in [-0.05, 0) is 31.4 Å². The van der Waals surface area contributed by atoms with Gasteiger partial charge in [0.25, 0.3) is 5.89 Å². The van der Waals surface area contributed by atoms with Crippen molar-refractivity contribution in [3.63, 3.8) is 0 Å². The van der Waals surface area contributed by atoms with Gasteiger partial charge in [-0.25, -0.2) is 0 Å². The third-order valence-corrected chi connectivity index (χ3v) is 5.48. The maximum atomic E-state index is 12.1. The van der Waals surface area contributed by atoms with Crippen molar-refractivity contribution < 1.29 is 14.1 Å². The van der Waals surface area contributed by atoms with Gasteiger partial charge in [-0.3, -0.25) is 9.78 Å². The molecule has 2 aliphatic rings. The van der Waals surface area contributed by atoms with Gasteiger partial charge in [0.1, 0.15) is 0 Å². The number of hydrogen-bond acceptors (Lipinski definition) is 6. The topological polar surface area (TPSA) is 81.4 Å². The molecule has 0 radical (unpaired) electrons. The first-order valence-corrected chi connectivity index (χ1v) is 9.78. The summed E-state index contributed by atoms with van der Waals surface area (Å²) in [6.07, 6.45) is 4.54. The highest BCUT2D eigenvalue weighted by atomic mass is 16.5. The van der Waals surface area contributed by atoms with Crippen molar-refractivity contribution >= 4 is 5.91 Å². The number of rotatable bonds is 4. The molecule has 2 fully saturated rings. The highest BCUT2D eigenvalue weighted by molar-refractivity contribution is 5.78. The molecule has 2 aliphatic heterocycles. The Balaban J connectivity index is 1.43. The van der Waals surface area contributed by atoms with Gasteiger partial charge >= 0.3 is 0 Å². The van der Waals surface area contributed by atoms with Crippen LogP contribution in [0.4, 0.5) is 0 Å². The van der Waals surface area contributed by atoms with Gasteiger partial charge < -0.3 is 14.2 Å². The quantitative estimate of drug-likeness (QED) is 0.823. The Labute approximate surface area is 159 Å². The molecule has 144 valence electrons. The van der Waals surface area contributed by atoms with Gasteiger partial charge in [0.15, 0.2) is 5.82 Å². The monoisotopic (exact) mass is 370 g/mol. The average Bonchev–Trinajstić information content (AvgIpc) is 3.40. The second kappa shape index (κ2) is 7.76. The van der Waals surface area contributed by atoms with Crippen LogP contribution in [0, 0.1) is 5.92 Å². The third-order valence-electron chi connectivity index (χ3n) is 5.48. The maximum Gasteiger partial charge on any atom is 0.258 e. The molecule has 4 heterocycles. The molecule has 7 nitrogen and oxygen atoms in total. The molecule has 27 heavy (non-hydrogen) atoms. The highest BCUT2D eigenvalue weighted by Crippen LogP contribution is 2.30. The largest absolute Gasteiger partial charge is 0.381 e. The Morgan fingerprint density at radius 2 is 2.04 bits per heavy atom. The molecule has 1 unspecified atom stereocenters. The summed E-state index contributed by atoms with van der Waals surface area (Å²) in [7, 11) is 0. The van der Waals surface area contributed by atoms with E-state index in [0.717, 1.165) is 62.6 Å². The molecule has 0 saturated carbocycles. The molecule has 1 amide bonds. The summed E-state index contributed by atoms with van der Waals surface area (Å²) in [6, 6.07) is 3.93. The summed E-state index contributed by atoms with van der Waals surface area (Å²) < 4.78 is 11.0. The minimum Gasteiger partial charge on any atom is -0.381 e. The van der Waals surface area contributed by atoms with Crippen LogP contribution in [0.15, 0.2) is 22.9 Å². The van der Waals surface area contributed by atoms with E-state index in [1.165, 1.54) is 0 Å². The Bertz CT molecular complexity index is 790. The number of nitrogens with zero attached hydrogens (tertiary/aromatic N) is 4. The van der Waals surface area contributed by atoms with Crippen LogP contribution in [-0.4, -0.2) is 52.2 Å². The third kappa shape index (κ3) is 3.88. The number of ether oxygens (including phenoxy) is 1. The Kier molecular flexibility index (Phi) is 5.20. The molecule has 0 aromatic carbocycles. The van der Waals surface area contributed by atoms with E-state index in [2.05, 4.69) is 15.1 Å². The molecule has 0 aliphatic carbocycles. The summed E-state index contributed by atoms with van der Waals surface area (Å²) in [5, 5.41) is 4.21. The van der Waals surface area contributed by atoms with Gasteiger partial charge in [0.05, 0.1) is 6.61 Å². The standard InChI is InChI=1S/C20H26N4O3/c1-13(2)20(25)24-8-4-14(5-9-24)18-22-19(27-23-18)15-3-7-21-17(11-15)16-6-10-26-12-16/h3,7,11,13-14,16H,4-6,8-10,12H2,1-2H3. The van der Waals surface area contributed by atoms with Crippen molar-refractivity contribution in [2.45, 2.75) is 44.9 Å². The predicted molar refractivity (Wildman–Crippen MR) is 99.1 cm³/mol. The second-order valence-electron chi connectivity index (χ2n) is 7.74. The summed E-state index contributed by atoms with van der Waals surface area (Å²) in [4.78, 5) is 23.2. The van der Waals surface area contributed by atoms with E-state index in [1.54, 1.807) is 6.20 Å². The van der Waals surface area contributed by atoms with Gasteiger partial charge in [-0.2, -0.15) is 4.98 Å². The van der Waals surface area contributed by atoms with E-state index >= 15 is 0 Å². The molecular formula is C20H26N4O3. The number of pyridine rings is 1. The highest BCUT2D eigenvalue weighted by Gasteiger charge is 2.28. The molecule has 0 bridgehead atoms. The first-order chi connectivity index (χ1) is 13.1. The first-order valence-electron chi connectivity index (χ1n) is 9.78. The van der Waals surface area contributed by atoms with Gasteiger partial charge in [-0.1, -0.05) is 19.0 Å². The average molecular weight is 370 g/mol. The fourth-order valence-electron chi connectivity index (χ4n) is 3.81. The predicted octanol–water partition coefficient (Wildman–Crippen LogP) is 3.00. The Morgan fingerprint density at radius 1 is 1.22 bits per heavy atom. The number of piperidine rings is 1. The minimum atomic E-state index is 0.0458. The van der Waals surface area contributed by atoms with Crippen LogP contribution in [-0.2, 0) is 9.53 Å². The van der Waals surface area contributed by atoms with E-state index in [1.807, 2.05) is 30.9 Å². The number of carbonyl (C=O) groups excluding carboxylic acids is 1. The lowest BCUT2D eigenvalue weighted by atomic mass is 9.95. The fourth-order valence-corrected chi connectivity index (χ4v) is 3.81. The fraction of sp³-hybridized carbons (Fsp3) is 0.600. The summed E-state index contributed by atoms with van der Waals surface area (Å²) >= 11 is 0. The molecule has 2 aromatic rings. The number of amides is 1. The molecule has 1 atom stereocenters. The van der Waals surface area contributed by atoms with Crippen LogP contribution in [0.1, 0.15) is 56.5 Å². The molecule has 7 heteroatoms. The normalized spacial score (nSPS) is 21.1. The van der Waals surface area contributed by atoms with Gasteiger partial charge in [-0.15, -0.1) is 0 Å². The van der Waals surface area contributed by atoms with Gasteiger partial charge in [0, 0.05) is 54.9 Å². The zero-order valence-electron chi connectivity index (χ0n) is 15.9. The van der Waals surface area contributed by atoms with Crippen LogP contribution >= 0.6 is 0 Å². The van der Waals surface area contributed by atoms with Crippen LogP contribution in [0.5, 0.6) is 0 Å². The summed E-state index contributed by atoms with van der Waals surface area (Å²) in [5.74, 6) is 2.13.